The highest BCUT2D eigenvalue weighted by Gasteiger charge is 2.21. The van der Waals surface area contributed by atoms with Gasteiger partial charge in [-0.1, -0.05) is 34.7 Å². The number of rotatable bonds is 8. The van der Waals surface area contributed by atoms with E-state index in [4.69, 9.17) is 16.3 Å². The van der Waals surface area contributed by atoms with Crippen molar-refractivity contribution in [3.63, 3.8) is 0 Å². The molecule has 0 aliphatic rings. The quantitative estimate of drug-likeness (QED) is 0.534. The number of hydrogen-bond acceptors (Lipinski definition) is 8. The molecular formula is C17H19ClN6O2S2. The minimum absolute atomic E-state index is 0.161. The number of carbonyl (C=O) groups is 1. The van der Waals surface area contributed by atoms with Crippen molar-refractivity contribution < 1.29 is 9.53 Å². The van der Waals surface area contributed by atoms with Crippen LogP contribution in [-0.2, 0) is 17.9 Å². The summed E-state index contributed by atoms with van der Waals surface area (Å²) in [5, 5.41) is 21.2. The van der Waals surface area contributed by atoms with Gasteiger partial charge in [0.05, 0.1) is 5.25 Å². The van der Waals surface area contributed by atoms with Crippen LogP contribution in [0.4, 0.5) is 5.13 Å². The van der Waals surface area contributed by atoms with E-state index in [9.17, 15) is 4.79 Å². The number of carbonyl (C=O) groups excluding carboxylic acids is 1. The standard InChI is InChI=1S/C17H19ClN6O2S2/c1-4-24-14(9-26-13-7-5-12(18)6-8-13)21-23-17(24)27-10(2)15(25)19-16-22-20-11(3)28-16/h5-8,10H,4,9H2,1-3H3,(H,19,22,25). The average molecular weight is 439 g/mol. The number of nitrogens with zero attached hydrogens (tertiary/aromatic N) is 5. The molecule has 2 heterocycles. The van der Waals surface area contributed by atoms with Crippen LogP contribution in [0.2, 0.25) is 5.02 Å². The zero-order valence-electron chi connectivity index (χ0n) is 15.5. The van der Waals surface area contributed by atoms with Crippen LogP contribution in [0.1, 0.15) is 24.7 Å². The van der Waals surface area contributed by atoms with Crippen LogP contribution in [0.5, 0.6) is 5.75 Å². The van der Waals surface area contributed by atoms with E-state index in [0.717, 1.165) is 5.01 Å². The number of aryl methyl sites for hydroxylation is 1. The van der Waals surface area contributed by atoms with Gasteiger partial charge in [-0.3, -0.25) is 10.1 Å². The van der Waals surface area contributed by atoms with E-state index in [1.807, 2.05) is 25.3 Å². The Morgan fingerprint density at radius 3 is 2.68 bits per heavy atom. The van der Waals surface area contributed by atoms with E-state index in [-0.39, 0.29) is 17.8 Å². The Kier molecular flexibility index (Phi) is 6.87. The van der Waals surface area contributed by atoms with Crippen molar-refractivity contribution in [3.8, 4) is 5.75 Å². The van der Waals surface area contributed by atoms with Gasteiger partial charge in [-0.05, 0) is 45.0 Å². The van der Waals surface area contributed by atoms with Gasteiger partial charge in [0.2, 0.25) is 11.0 Å². The number of amides is 1. The molecule has 0 saturated carbocycles. The number of halogens is 1. The van der Waals surface area contributed by atoms with Crippen molar-refractivity contribution in [1.82, 2.24) is 25.0 Å². The van der Waals surface area contributed by atoms with Gasteiger partial charge in [-0.15, -0.1) is 20.4 Å². The number of benzene rings is 1. The van der Waals surface area contributed by atoms with E-state index >= 15 is 0 Å². The van der Waals surface area contributed by atoms with Crippen LogP contribution in [0, 0.1) is 6.92 Å². The van der Waals surface area contributed by atoms with Crippen molar-refractivity contribution >= 4 is 45.7 Å². The lowest BCUT2D eigenvalue weighted by Gasteiger charge is -2.12. The van der Waals surface area contributed by atoms with E-state index in [0.29, 0.717) is 33.4 Å². The van der Waals surface area contributed by atoms with E-state index in [1.165, 1.54) is 23.1 Å². The molecule has 1 unspecified atom stereocenters. The highest BCUT2D eigenvalue weighted by atomic mass is 35.5. The summed E-state index contributed by atoms with van der Waals surface area (Å²) >= 11 is 8.55. The van der Waals surface area contributed by atoms with Gasteiger partial charge in [0.15, 0.2) is 11.0 Å². The number of ether oxygens (including phenoxy) is 1. The van der Waals surface area contributed by atoms with Crippen molar-refractivity contribution in [2.75, 3.05) is 5.32 Å². The summed E-state index contributed by atoms with van der Waals surface area (Å²) in [5.74, 6) is 1.22. The molecule has 8 nitrogen and oxygen atoms in total. The third kappa shape index (κ3) is 5.21. The van der Waals surface area contributed by atoms with Crippen LogP contribution >= 0.6 is 34.7 Å². The molecule has 0 aliphatic heterocycles. The molecule has 1 aromatic carbocycles. The zero-order chi connectivity index (χ0) is 20.1. The Bertz CT molecular complexity index is 944. The van der Waals surface area contributed by atoms with Crippen molar-refractivity contribution in [2.45, 2.75) is 44.3 Å². The second-order valence-electron chi connectivity index (χ2n) is 5.76. The minimum Gasteiger partial charge on any atom is -0.486 e. The molecule has 0 radical (unpaired) electrons. The lowest BCUT2D eigenvalue weighted by molar-refractivity contribution is -0.115. The SMILES string of the molecule is CCn1c(COc2ccc(Cl)cc2)nnc1SC(C)C(=O)Nc1nnc(C)s1. The molecule has 1 N–H and O–H groups in total. The van der Waals surface area contributed by atoms with Gasteiger partial charge >= 0.3 is 0 Å². The first-order valence-electron chi connectivity index (χ1n) is 8.54. The topological polar surface area (TPSA) is 94.8 Å². The molecule has 0 bridgehead atoms. The average Bonchev–Trinajstić information content (AvgIpc) is 3.26. The number of hydrogen-bond donors (Lipinski definition) is 1. The summed E-state index contributed by atoms with van der Waals surface area (Å²) in [4.78, 5) is 12.4. The Hall–Kier alpha value is -2.17. The predicted octanol–water partition coefficient (Wildman–Crippen LogP) is 3.81. The van der Waals surface area contributed by atoms with Gasteiger partial charge in [0.1, 0.15) is 17.4 Å². The highest BCUT2D eigenvalue weighted by Crippen LogP contribution is 2.25. The van der Waals surface area contributed by atoms with Gasteiger partial charge in [-0.25, -0.2) is 0 Å². The Labute approximate surface area is 175 Å². The molecule has 0 aliphatic carbocycles. The van der Waals surface area contributed by atoms with Crippen molar-refractivity contribution in [3.05, 3.63) is 40.1 Å². The molecule has 11 heteroatoms. The van der Waals surface area contributed by atoms with Crippen molar-refractivity contribution in [2.24, 2.45) is 0 Å². The molecule has 148 valence electrons. The largest absolute Gasteiger partial charge is 0.486 e. The second-order valence-corrected chi connectivity index (χ2v) is 8.69. The zero-order valence-corrected chi connectivity index (χ0v) is 17.9. The molecule has 0 spiro atoms. The highest BCUT2D eigenvalue weighted by molar-refractivity contribution is 8.00. The fourth-order valence-electron chi connectivity index (χ4n) is 2.28. The molecule has 1 amide bonds. The van der Waals surface area contributed by atoms with Gasteiger partial charge in [0, 0.05) is 11.6 Å². The Morgan fingerprint density at radius 1 is 1.29 bits per heavy atom. The lowest BCUT2D eigenvalue weighted by atomic mass is 10.3. The number of thioether (sulfide) groups is 1. The predicted molar refractivity (Wildman–Crippen MR) is 110 cm³/mol. The van der Waals surface area contributed by atoms with Crippen LogP contribution in [-0.4, -0.2) is 36.1 Å². The van der Waals surface area contributed by atoms with E-state index < -0.39 is 0 Å². The van der Waals surface area contributed by atoms with Gasteiger partial charge in [-0.2, -0.15) is 0 Å². The van der Waals surface area contributed by atoms with Crippen LogP contribution < -0.4 is 10.1 Å². The Balaban J connectivity index is 1.62. The molecule has 2 aromatic heterocycles. The van der Waals surface area contributed by atoms with Gasteiger partial charge in [0.25, 0.3) is 0 Å². The molecule has 1 atom stereocenters. The first-order chi connectivity index (χ1) is 13.5. The van der Waals surface area contributed by atoms with Crippen molar-refractivity contribution in [1.29, 1.82) is 0 Å². The van der Waals surface area contributed by atoms with E-state index in [2.05, 4.69) is 25.7 Å². The van der Waals surface area contributed by atoms with Crippen LogP contribution in [0.3, 0.4) is 0 Å². The number of anilines is 1. The second kappa shape index (κ2) is 9.35. The first kappa shape index (κ1) is 20.6. The maximum absolute atomic E-state index is 12.4. The first-order valence-corrected chi connectivity index (χ1v) is 10.6. The fraction of sp³-hybridized carbons (Fsp3) is 0.353. The molecule has 0 fully saturated rings. The van der Waals surface area contributed by atoms with Gasteiger partial charge < -0.3 is 9.30 Å². The normalized spacial score (nSPS) is 12.0. The third-order valence-electron chi connectivity index (χ3n) is 3.70. The summed E-state index contributed by atoms with van der Waals surface area (Å²) in [5.41, 5.74) is 0. The molecule has 3 aromatic rings. The van der Waals surface area contributed by atoms with Crippen LogP contribution in [0.25, 0.3) is 0 Å². The molecular weight excluding hydrogens is 420 g/mol. The maximum Gasteiger partial charge on any atom is 0.239 e. The molecule has 0 saturated heterocycles. The summed E-state index contributed by atoms with van der Waals surface area (Å²) in [6.45, 7) is 6.58. The number of aromatic nitrogens is 5. The van der Waals surface area contributed by atoms with E-state index in [1.54, 1.807) is 24.3 Å². The maximum atomic E-state index is 12.4. The van der Waals surface area contributed by atoms with Crippen LogP contribution in [0.15, 0.2) is 29.4 Å². The minimum atomic E-state index is -0.372. The molecule has 28 heavy (non-hydrogen) atoms. The monoisotopic (exact) mass is 438 g/mol. The third-order valence-corrected chi connectivity index (χ3v) is 5.79. The summed E-state index contributed by atoms with van der Waals surface area (Å²) in [7, 11) is 0. The Morgan fingerprint density at radius 2 is 2.04 bits per heavy atom. The number of nitrogens with one attached hydrogen (secondary N) is 1. The summed E-state index contributed by atoms with van der Waals surface area (Å²) in [6.07, 6.45) is 0. The summed E-state index contributed by atoms with van der Waals surface area (Å²) in [6, 6.07) is 7.13. The smallest absolute Gasteiger partial charge is 0.239 e. The fourth-order valence-corrected chi connectivity index (χ4v) is 3.93. The molecule has 3 rings (SSSR count). The lowest BCUT2D eigenvalue weighted by Crippen LogP contribution is -2.23. The summed E-state index contributed by atoms with van der Waals surface area (Å²) < 4.78 is 7.68.